The van der Waals surface area contributed by atoms with Crippen LogP contribution >= 0.6 is 0 Å². The topological polar surface area (TPSA) is 87.2 Å². The first-order chi connectivity index (χ1) is 8.81. The summed E-state index contributed by atoms with van der Waals surface area (Å²) in [5.41, 5.74) is 2.07. The van der Waals surface area contributed by atoms with Gasteiger partial charge in [-0.25, -0.2) is 0 Å². The molecule has 0 radical (unpaired) electrons. The van der Waals surface area contributed by atoms with Crippen LogP contribution in [0.1, 0.15) is 10.5 Å². The molecule has 6 heteroatoms. The van der Waals surface area contributed by atoms with Crippen molar-refractivity contribution in [3.8, 4) is 0 Å². The molecule has 2 aromatic rings. The molecule has 3 N–H and O–H groups in total. The number of aliphatic hydroxyl groups is 1. The Balaban J connectivity index is 1.88. The number of carbonyl (C=O) groups is 1. The number of rotatable bonds is 6. The van der Waals surface area contributed by atoms with Gasteiger partial charge in [0.15, 0.2) is 0 Å². The lowest BCUT2D eigenvalue weighted by Crippen LogP contribution is -2.27. The number of fused-ring (bicyclic) bond motifs is 1. The van der Waals surface area contributed by atoms with Crippen LogP contribution in [0.15, 0.2) is 24.4 Å². The lowest BCUT2D eigenvalue weighted by atomic mass is 10.3. The van der Waals surface area contributed by atoms with E-state index in [1.54, 1.807) is 12.3 Å². The normalized spacial score (nSPS) is 10.7. The number of aliphatic hydroxyl groups excluding tert-OH is 1. The van der Waals surface area contributed by atoms with Gasteiger partial charge in [0.1, 0.15) is 5.69 Å². The quantitative estimate of drug-likeness (QED) is 0.643. The number of nitrogens with zero attached hydrogens (tertiary/aromatic N) is 1. The number of aromatic amines is 1. The fourth-order valence-electron chi connectivity index (χ4n) is 1.58. The average molecular weight is 249 g/mol. The summed E-state index contributed by atoms with van der Waals surface area (Å²) in [6.45, 7) is 1.06. The van der Waals surface area contributed by atoms with Crippen LogP contribution in [0, 0.1) is 0 Å². The Morgan fingerprint density at radius 1 is 1.50 bits per heavy atom. The number of nitrogens with one attached hydrogen (secondary N) is 2. The number of amides is 1. The summed E-state index contributed by atoms with van der Waals surface area (Å²) in [7, 11) is 0. The van der Waals surface area contributed by atoms with E-state index in [2.05, 4.69) is 15.3 Å². The zero-order valence-electron chi connectivity index (χ0n) is 9.85. The van der Waals surface area contributed by atoms with Crippen LogP contribution in [0.3, 0.4) is 0 Å². The van der Waals surface area contributed by atoms with E-state index in [1.165, 1.54) is 0 Å². The molecule has 1 amide bonds. The molecule has 0 bridgehead atoms. The Morgan fingerprint density at radius 3 is 3.17 bits per heavy atom. The molecule has 2 heterocycles. The highest BCUT2D eigenvalue weighted by Gasteiger charge is 2.08. The summed E-state index contributed by atoms with van der Waals surface area (Å²) in [6.07, 6.45) is 1.68. The number of aromatic nitrogens is 2. The minimum absolute atomic E-state index is 0.0123. The molecule has 0 fully saturated rings. The van der Waals surface area contributed by atoms with Gasteiger partial charge in [0.25, 0.3) is 5.91 Å². The van der Waals surface area contributed by atoms with Gasteiger partial charge < -0.3 is 20.1 Å². The Bertz CT molecular complexity index is 491. The van der Waals surface area contributed by atoms with Gasteiger partial charge in [0.2, 0.25) is 0 Å². The molecule has 2 aromatic heterocycles. The van der Waals surface area contributed by atoms with Crippen LogP contribution in [-0.4, -0.2) is 47.3 Å². The molecule has 0 atom stereocenters. The van der Waals surface area contributed by atoms with Crippen LogP contribution in [0.25, 0.3) is 11.0 Å². The Labute approximate surface area is 104 Å². The van der Waals surface area contributed by atoms with E-state index in [0.29, 0.717) is 18.8 Å². The molecule has 96 valence electrons. The first-order valence-electron chi connectivity index (χ1n) is 5.72. The number of hydrogen-bond acceptors (Lipinski definition) is 4. The third-order valence-corrected chi connectivity index (χ3v) is 2.40. The molecule has 6 nitrogen and oxygen atoms in total. The molecule has 0 aromatic carbocycles. The van der Waals surface area contributed by atoms with Crippen LogP contribution in [0.2, 0.25) is 0 Å². The Hall–Kier alpha value is -1.92. The second-order valence-electron chi connectivity index (χ2n) is 3.71. The zero-order chi connectivity index (χ0) is 12.8. The summed E-state index contributed by atoms with van der Waals surface area (Å²) >= 11 is 0. The van der Waals surface area contributed by atoms with Crippen molar-refractivity contribution in [3.63, 3.8) is 0 Å². The number of ether oxygens (including phenoxy) is 1. The molecule has 0 aliphatic rings. The molecule has 0 saturated carbocycles. The van der Waals surface area contributed by atoms with Gasteiger partial charge in [-0.3, -0.25) is 9.78 Å². The maximum absolute atomic E-state index is 11.8. The average Bonchev–Trinajstić information content (AvgIpc) is 2.82. The number of carbonyl (C=O) groups excluding carboxylic acids is 1. The summed E-state index contributed by atoms with van der Waals surface area (Å²) in [5, 5.41) is 11.2. The van der Waals surface area contributed by atoms with Crippen molar-refractivity contribution < 1.29 is 14.6 Å². The lowest BCUT2D eigenvalue weighted by molar-refractivity contribution is 0.0835. The molecule has 2 rings (SSSR count). The Morgan fingerprint density at radius 2 is 2.39 bits per heavy atom. The fraction of sp³-hybridized carbons (Fsp3) is 0.333. The van der Waals surface area contributed by atoms with Gasteiger partial charge >= 0.3 is 0 Å². The first kappa shape index (κ1) is 12.5. The third-order valence-electron chi connectivity index (χ3n) is 2.40. The molecule has 0 aliphatic heterocycles. The van der Waals surface area contributed by atoms with Crippen LogP contribution in [0.5, 0.6) is 0 Å². The van der Waals surface area contributed by atoms with E-state index in [4.69, 9.17) is 9.84 Å². The summed E-state index contributed by atoms with van der Waals surface area (Å²) < 4.78 is 5.04. The SMILES string of the molecule is O=C(NCCOCCO)c1cc2ncccc2[nH]1. The van der Waals surface area contributed by atoms with Crippen molar-refractivity contribution in [3.05, 3.63) is 30.1 Å². The van der Waals surface area contributed by atoms with Gasteiger partial charge in [-0.1, -0.05) is 0 Å². The highest BCUT2D eigenvalue weighted by atomic mass is 16.5. The predicted octanol–water partition coefficient (Wildman–Crippen LogP) is 0.302. The van der Waals surface area contributed by atoms with Crippen LogP contribution < -0.4 is 5.32 Å². The summed E-state index contributed by atoms with van der Waals surface area (Å²) in [5.74, 6) is -0.194. The largest absolute Gasteiger partial charge is 0.394 e. The number of pyridine rings is 1. The third kappa shape index (κ3) is 3.06. The molecule has 0 spiro atoms. The molecular formula is C12H15N3O3. The number of H-pyrrole nitrogens is 1. The molecule has 0 aliphatic carbocycles. The first-order valence-corrected chi connectivity index (χ1v) is 5.72. The highest BCUT2D eigenvalue weighted by molar-refractivity contribution is 5.96. The van der Waals surface area contributed by atoms with Crippen molar-refractivity contribution in [2.75, 3.05) is 26.4 Å². The van der Waals surface area contributed by atoms with E-state index < -0.39 is 0 Å². The van der Waals surface area contributed by atoms with E-state index >= 15 is 0 Å². The molecule has 18 heavy (non-hydrogen) atoms. The van der Waals surface area contributed by atoms with E-state index in [-0.39, 0.29) is 19.1 Å². The standard InChI is InChI=1S/C12H15N3O3/c16-5-7-18-6-4-14-12(17)11-8-10-9(15-11)2-1-3-13-10/h1-3,8,15-16H,4-7H2,(H,14,17). The van der Waals surface area contributed by atoms with Crippen molar-refractivity contribution in [1.29, 1.82) is 0 Å². The van der Waals surface area contributed by atoms with Crippen molar-refractivity contribution in [2.45, 2.75) is 0 Å². The fourth-order valence-corrected chi connectivity index (χ4v) is 1.58. The van der Waals surface area contributed by atoms with Crippen LogP contribution in [0.4, 0.5) is 0 Å². The van der Waals surface area contributed by atoms with Gasteiger partial charge in [0, 0.05) is 12.7 Å². The maximum Gasteiger partial charge on any atom is 0.267 e. The molecule has 0 saturated heterocycles. The van der Waals surface area contributed by atoms with Crippen molar-refractivity contribution in [2.24, 2.45) is 0 Å². The van der Waals surface area contributed by atoms with E-state index in [9.17, 15) is 4.79 Å². The minimum Gasteiger partial charge on any atom is -0.394 e. The minimum atomic E-state index is -0.194. The second kappa shape index (κ2) is 6.13. The molecule has 0 unspecified atom stereocenters. The summed E-state index contributed by atoms with van der Waals surface area (Å²) in [4.78, 5) is 18.9. The smallest absolute Gasteiger partial charge is 0.267 e. The van der Waals surface area contributed by atoms with E-state index in [1.807, 2.05) is 12.1 Å². The van der Waals surface area contributed by atoms with Gasteiger partial charge in [0.05, 0.1) is 30.9 Å². The van der Waals surface area contributed by atoms with Crippen LogP contribution in [-0.2, 0) is 4.74 Å². The monoisotopic (exact) mass is 249 g/mol. The Kier molecular flexibility index (Phi) is 4.27. The van der Waals surface area contributed by atoms with Gasteiger partial charge in [-0.05, 0) is 18.2 Å². The lowest BCUT2D eigenvalue weighted by Gasteiger charge is -2.03. The summed E-state index contributed by atoms with van der Waals surface area (Å²) in [6, 6.07) is 5.38. The van der Waals surface area contributed by atoms with E-state index in [0.717, 1.165) is 11.0 Å². The predicted molar refractivity (Wildman–Crippen MR) is 66.3 cm³/mol. The maximum atomic E-state index is 11.8. The van der Waals surface area contributed by atoms with Gasteiger partial charge in [-0.15, -0.1) is 0 Å². The second-order valence-corrected chi connectivity index (χ2v) is 3.71. The van der Waals surface area contributed by atoms with Gasteiger partial charge in [-0.2, -0.15) is 0 Å². The van der Waals surface area contributed by atoms with Crippen molar-refractivity contribution in [1.82, 2.24) is 15.3 Å². The molecular weight excluding hydrogens is 234 g/mol. The highest BCUT2D eigenvalue weighted by Crippen LogP contribution is 2.11. The van der Waals surface area contributed by atoms with Crippen molar-refractivity contribution >= 4 is 16.9 Å². The number of hydrogen-bond donors (Lipinski definition) is 3. The zero-order valence-corrected chi connectivity index (χ0v) is 9.85.